The third kappa shape index (κ3) is 2.75. The Labute approximate surface area is 111 Å². The Balaban J connectivity index is 3.21. The van der Waals surface area contributed by atoms with Gasteiger partial charge >= 0.3 is 0 Å². The lowest BCUT2D eigenvalue weighted by atomic mass is 9.82. The fourth-order valence-corrected chi connectivity index (χ4v) is 1.87. The molecule has 0 aliphatic rings. The average Bonchev–Trinajstić information content (AvgIpc) is 2.28. The van der Waals surface area contributed by atoms with E-state index in [2.05, 4.69) is 22.6 Å². The van der Waals surface area contributed by atoms with Crippen molar-refractivity contribution in [2.24, 2.45) is 5.41 Å². The first-order valence-electron chi connectivity index (χ1n) is 5.30. The summed E-state index contributed by atoms with van der Waals surface area (Å²) < 4.78 is 6.29. The number of ether oxygens (including phenoxy) is 1. The highest BCUT2D eigenvalue weighted by molar-refractivity contribution is 14.1. The van der Waals surface area contributed by atoms with Crippen molar-refractivity contribution in [2.45, 2.75) is 27.2 Å². The molecular formula is C13H17IO2. The highest BCUT2D eigenvalue weighted by Crippen LogP contribution is 2.31. The van der Waals surface area contributed by atoms with Crippen LogP contribution in [0.3, 0.4) is 0 Å². The first kappa shape index (κ1) is 13.5. The second kappa shape index (κ2) is 5.17. The van der Waals surface area contributed by atoms with E-state index in [1.807, 2.05) is 39.0 Å². The molecule has 2 nitrogen and oxygen atoms in total. The standard InChI is InChI=1S/C13H17IO2/c1-5-13(2,3)12(15)10-8-9(14)6-7-11(10)16-4/h6-8H,5H2,1-4H3. The molecule has 1 aromatic carbocycles. The summed E-state index contributed by atoms with van der Waals surface area (Å²) in [6, 6.07) is 5.68. The Morgan fingerprint density at radius 1 is 1.44 bits per heavy atom. The first-order valence-corrected chi connectivity index (χ1v) is 6.38. The van der Waals surface area contributed by atoms with Gasteiger partial charge in [-0.3, -0.25) is 4.79 Å². The largest absolute Gasteiger partial charge is 0.496 e. The van der Waals surface area contributed by atoms with Gasteiger partial charge in [-0.15, -0.1) is 0 Å². The van der Waals surface area contributed by atoms with E-state index in [9.17, 15) is 4.79 Å². The number of ketones is 1. The quantitative estimate of drug-likeness (QED) is 0.617. The van der Waals surface area contributed by atoms with E-state index in [-0.39, 0.29) is 11.2 Å². The number of carbonyl (C=O) groups excluding carboxylic acids is 1. The van der Waals surface area contributed by atoms with Gasteiger partial charge in [0.15, 0.2) is 5.78 Å². The fourth-order valence-electron chi connectivity index (χ4n) is 1.38. The van der Waals surface area contributed by atoms with E-state index in [1.54, 1.807) is 7.11 Å². The molecule has 0 amide bonds. The van der Waals surface area contributed by atoms with Crippen molar-refractivity contribution < 1.29 is 9.53 Å². The van der Waals surface area contributed by atoms with Gasteiger partial charge in [-0.05, 0) is 47.2 Å². The van der Waals surface area contributed by atoms with E-state index in [0.29, 0.717) is 11.3 Å². The summed E-state index contributed by atoms with van der Waals surface area (Å²) in [4.78, 5) is 12.3. The van der Waals surface area contributed by atoms with E-state index in [1.165, 1.54) is 0 Å². The second-order valence-corrected chi connectivity index (χ2v) is 5.66. The maximum absolute atomic E-state index is 12.3. The van der Waals surface area contributed by atoms with E-state index in [4.69, 9.17) is 4.74 Å². The van der Waals surface area contributed by atoms with Gasteiger partial charge in [0.25, 0.3) is 0 Å². The third-order valence-corrected chi connectivity index (χ3v) is 3.58. The summed E-state index contributed by atoms with van der Waals surface area (Å²) in [6.45, 7) is 5.96. The van der Waals surface area contributed by atoms with Crippen molar-refractivity contribution >= 4 is 28.4 Å². The summed E-state index contributed by atoms with van der Waals surface area (Å²) in [5.41, 5.74) is 0.346. The van der Waals surface area contributed by atoms with Crippen LogP contribution < -0.4 is 4.74 Å². The number of hydrogen-bond acceptors (Lipinski definition) is 2. The molecule has 0 radical (unpaired) electrons. The molecular weight excluding hydrogens is 315 g/mol. The molecule has 0 N–H and O–H groups in total. The Bertz CT molecular complexity index is 397. The van der Waals surface area contributed by atoms with Gasteiger partial charge in [-0.1, -0.05) is 20.8 Å². The van der Waals surface area contributed by atoms with Crippen LogP contribution in [0.2, 0.25) is 0 Å². The van der Waals surface area contributed by atoms with Gasteiger partial charge in [0.05, 0.1) is 12.7 Å². The van der Waals surface area contributed by atoms with Crippen molar-refractivity contribution in [2.75, 3.05) is 7.11 Å². The molecule has 0 saturated carbocycles. The highest BCUT2D eigenvalue weighted by atomic mass is 127. The molecule has 0 heterocycles. The molecule has 0 fully saturated rings. The van der Waals surface area contributed by atoms with Crippen molar-refractivity contribution in [1.29, 1.82) is 0 Å². The van der Waals surface area contributed by atoms with Crippen LogP contribution >= 0.6 is 22.6 Å². The molecule has 0 aliphatic carbocycles. The van der Waals surface area contributed by atoms with Crippen LogP contribution in [0, 0.1) is 8.99 Å². The molecule has 0 aliphatic heterocycles. The number of halogens is 1. The minimum absolute atomic E-state index is 0.144. The molecule has 0 bridgehead atoms. The minimum atomic E-state index is -0.336. The lowest BCUT2D eigenvalue weighted by Crippen LogP contribution is -2.23. The van der Waals surface area contributed by atoms with Crippen LogP contribution in [0.4, 0.5) is 0 Å². The van der Waals surface area contributed by atoms with Crippen LogP contribution in [0.25, 0.3) is 0 Å². The maximum Gasteiger partial charge on any atom is 0.172 e. The predicted octanol–water partition coefficient (Wildman–Crippen LogP) is 3.92. The molecule has 0 saturated heterocycles. The number of benzene rings is 1. The summed E-state index contributed by atoms with van der Waals surface area (Å²) in [5, 5.41) is 0. The van der Waals surface area contributed by atoms with Crippen molar-refractivity contribution in [3.8, 4) is 5.75 Å². The number of methoxy groups -OCH3 is 1. The van der Waals surface area contributed by atoms with Crippen molar-refractivity contribution in [1.82, 2.24) is 0 Å². The van der Waals surface area contributed by atoms with Crippen LogP contribution in [-0.2, 0) is 0 Å². The molecule has 0 unspecified atom stereocenters. The highest BCUT2D eigenvalue weighted by Gasteiger charge is 2.28. The summed E-state index contributed by atoms with van der Waals surface area (Å²) in [6.07, 6.45) is 0.820. The minimum Gasteiger partial charge on any atom is -0.496 e. The zero-order valence-corrected chi connectivity index (χ0v) is 12.3. The molecule has 0 atom stereocenters. The van der Waals surface area contributed by atoms with Gasteiger partial charge in [0.1, 0.15) is 5.75 Å². The zero-order valence-electron chi connectivity index (χ0n) is 10.1. The van der Waals surface area contributed by atoms with E-state index < -0.39 is 0 Å². The lowest BCUT2D eigenvalue weighted by Gasteiger charge is -2.22. The Kier molecular flexibility index (Phi) is 4.35. The fraction of sp³-hybridized carbons (Fsp3) is 0.462. The second-order valence-electron chi connectivity index (χ2n) is 4.41. The SMILES string of the molecule is CCC(C)(C)C(=O)c1cc(I)ccc1OC. The number of carbonyl (C=O) groups is 1. The van der Waals surface area contributed by atoms with Gasteiger partial charge < -0.3 is 4.74 Å². The molecule has 3 heteroatoms. The normalized spacial score (nSPS) is 11.3. The van der Waals surface area contributed by atoms with Gasteiger partial charge in [-0.25, -0.2) is 0 Å². The Morgan fingerprint density at radius 2 is 2.06 bits per heavy atom. The molecule has 1 rings (SSSR count). The monoisotopic (exact) mass is 332 g/mol. The third-order valence-electron chi connectivity index (χ3n) is 2.90. The van der Waals surface area contributed by atoms with Gasteiger partial charge in [0, 0.05) is 8.99 Å². The molecule has 0 aromatic heterocycles. The van der Waals surface area contributed by atoms with E-state index >= 15 is 0 Å². The lowest BCUT2D eigenvalue weighted by molar-refractivity contribution is 0.0829. The molecule has 0 spiro atoms. The Morgan fingerprint density at radius 3 is 2.56 bits per heavy atom. The van der Waals surface area contributed by atoms with Crippen LogP contribution in [0.15, 0.2) is 18.2 Å². The van der Waals surface area contributed by atoms with Crippen LogP contribution in [0.5, 0.6) is 5.75 Å². The van der Waals surface area contributed by atoms with Gasteiger partial charge in [0.2, 0.25) is 0 Å². The summed E-state index contributed by atoms with van der Waals surface area (Å²) in [7, 11) is 1.60. The van der Waals surface area contributed by atoms with Crippen molar-refractivity contribution in [3.63, 3.8) is 0 Å². The van der Waals surface area contributed by atoms with E-state index in [0.717, 1.165) is 9.99 Å². The number of rotatable bonds is 4. The number of hydrogen-bond donors (Lipinski definition) is 0. The smallest absolute Gasteiger partial charge is 0.172 e. The Hall–Kier alpha value is -0.580. The summed E-state index contributed by atoms with van der Waals surface area (Å²) in [5.74, 6) is 0.803. The number of Topliss-reactive ketones (excluding diaryl/α,β-unsaturated/α-hetero) is 1. The van der Waals surface area contributed by atoms with Gasteiger partial charge in [-0.2, -0.15) is 0 Å². The molecule has 16 heavy (non-hydrogen) atoms. The van der Waals surface area contributed by atoms with Crippen LogP contribution in [-0.4, -0.2) is 12.9 Å². The maximum atomic E-state index is 12.3. The topological polar surface area (TPSA) is 26.3 Å². The predicted molar refractivity (Wildman–Crippen MR) is 74.1 cm³/mol. The molecule has 1 aromatic rings. The first-order chi connectivity index (χ1) is 7.42. The average molecular weight is 332 g/mol. The van der Waals surface area contributed by atoms with Crippen LogP contribution in [0.1, 0.15) is 37.6 Å². The zero-order chi connectivity index (χ0) is 12.3. The van der Waals surface area contributed by atoms with Crippen molar-refractivity contribution in [3.05, 3.63) is 27.3 Å². The summed E-state index contributed by atoms with van der Waals surface area (Å²) >= 11 is 2.20. The molecule has 88 valence electrons.